The monoisotopic (exact) mass is 498 g/mol. The molecule has 3 N–H and O–H groups in total. The van der Waals surface area contributed by atoms with Gasteiger partial charge in [-0.05, 0) is 36.4 Å². The first-order chi connectivity index (χ1) is 17.2. The number of hydrogen-bond donors (Lipinski definition) is 2. The van der Waals surface area contributed by atoms with Gasteiger partial charge in [-0.3, -0.25) is 9.98 Å². The second kappa shape index (κ2) is 10.0. The van der Waals surface area contributed by atoms with E-state index in [1.54, 1.807) is 18.2 Å². The maximum Gasteiger partial charge on any atom is 0.323 e. The van der Waals surface area contributed by atoms with E-state index in [2.05, 4.69) is 25.3 Å². The molecule has 8 nitrogen and oxygen atoms in total. The summed E-state index contributed by atoms with van der Waals surface area (Å²) in [5, 5.41) is 18.0. The minimum absolute atomic E-state index is 0.0928. The van der Waals surface area contributed by atoms with E-state index in [9.17, 15) is 13.9 Å². The van der Waals surface area contributed by atoms with E-state index < -0.39 is 41.0 Å². The van der Waals surface area contributed by atoms with Gasteiger partial charge in [0.25, 0.3) is 0 Å². The predicted octanol–water partition coefficient (Wildman–Crippen LogP) is 5.03. The van der Waals surface area contributed by atoms with Gasteiger partial charge in [0.1, 0.15) is 29.4 Å². The number of nitrogens with two attached hydrogens (primary N) is 1. The molecule has 36 heavy (non-hydrogen) atoms. The number of para-hydroxylation sites is 1. The second-order valence-corrected chi connectivity index (χ2v) is 7.57. The van der Waals surface area contributed by atoms with Crippen molar-refractivity contribution in [1.82, 2.24) is 9.97 Å². The summed E-state index contributed by atoms with van der Waals surface area (Å²) in [4.78, 5) is 11.6. The van der Waals surface area contributed by atoms with Gasteiger partial charge in [-0.25, -0.2) is 13.8 Å². The molecule has 2 aromatic carbocycles. The lowest BCUT2D eigenvalue weighted by atomic mass is 9.84. The Morgan fingerprint density at radius 1 is 1.03 bits per heavy atom. The quantitative estimate of drug-likeness (QED) is 0.0882. The number of aliphatic imine (C=N–C) groups is 1. The molecule has 4 rings (SSSR count). The summed E-state index contributed by atoms with van der Waals surface area (Å²) in [5.74, 6) is -1.46. The Balaban J connectivity index is 1.65. The maximum absolute atomic E-state index is 15.6. The highest BCUT2D eigenvalue weighted by Crippen LogP contribution is 2.46. The number of alkyl halides is 2. The molecule has 0 amide bonds. The van der Waals surface area contributed by atoms with Crippen LogP contribution in [0.15, 0.2) is 88.3 Å². The van der Waals surface area contributed by atoms with Gasteiger partial charge in [0.05, 0.1) is 18.3 Å². The zero-order chi connectivity index (χ0) is 25.8. The van der Waals surface area contributed by atoms with E-state index in [1.165, 1.54) is 6.07 Å². The molecule has 1 atom stereocenters. The molecule has 184 valence electrons. The van der Waals surface area contributed by atoms with E-state index in [4.69, 9.17) is 10.6 Å². The topological polar surface area (TPSA) is 118 Å². The number of rotatable bonds is 8. The largest absolute Gasteiger partial charge is 0.437 e. The lowest BCUT2D eigenvalue weighted by Crippen LogP contribution is -2.47. The third-order valence-corrected chi connectivity index (χ3v) is 5.27. The summed E-state index contributed by atoms with van der Waals surface area (Å²) in [6.07, 6.45) is 1.72. The zero-order valence-corrected chi connectivity index (χ0v) is 18.4. The van der Waals surface area contributed by atoms with Crippen molar-refractivity contribution in [1.29, 1.82) is 0 Å². The van der Waals surface area contributed by atoms with E-state index in [1.807, 2.05) is 18.2 Å². The molecule has 1 unspecified atom stereocenters. The van der Waals surface area contributed by atoms with Crippen LogP contribution in [-0.4, -0.2) is 28.0 Å². The van der Waals surface area contributed by atoms with Crippen LogP contribution >= 0.6 is 0 Å². The predicted molar refractivity (Wildman–Crippen MR) is 123 cm³/mol. The first kappa shape index (κ1) is 24.7. The molecule has 0 saturated carbocycles. The molecular formula is C24H18F4N6O2. The van der Waals surface area contributed by atoms with Gasteiger partial charge in [0, 0.05) is 23.1 Å². The summed E-state index contributed by atoms with van der Waals surface area (Å²) in [7, 11) is 0. The average molecular weight is 498 g/mol. The number of pyridine rings is 2. The van der Waals surface area contributed by atoms with Crippen LogP contribution in [0.4, 0.5) is 17.6 Å². The summed E-state index contributed by atoms with van der Waals surface area (Å²) in [6.45, 7) is -1.07. The standard InChI is InChI=1S/C24H18F4N6O2/c25-16-6-8-18(19(26)11-16)23(35,13-30-14-32-34-29)24(27,28)21-9-7-17(12-31-21)36-22-10-5-15-3-1-2-4-20(15)33-22/h1-12,14,35H,13H2,(H2,29,30,32). The van der Waals surface area contributed by atoms with Crippen molar-refractivity contribution in [2.45, 2.75) is 11.5 Å². The lowest BCUT2D eigenvalue weighted by molar-refractivity contribution is -0.193. The SMILES string of the molecule is NN=NC=NCC(O)(c1ccc(F)cc1F)C(F)(F)c1ccc(Oc2ccc3ccccc3n2)cn1. The van der Waals surface area contributed by atoms with Crippen molar-refractivity contribution in [3.05, 3.63) is 95.8 Å². The Kier molecular flexibility index (Phi) is 6.88. The van der Waals surface area contributed by atoms with Crippen LogP contribution < -0.4 is 10.6 Å². The molecule has 12 heteroatoms. The molecule has 0 aliphatic carbocycles. The van der Waals surface area contributed by atoms with Crippen molar-refractivity contribution < 1.29 is 27.4 Å². The van der Waals surface area contributed by atoms with Gasteiger partial charge in [-0.2, -0.15) is 8.78 Å². The van der Waals surface area contributed by atoms with Gasteiger partial charge in [-0.15, -0.1) is 5.11 Å². The first-order valence-corrected chi connectivity index (χ1v) is 10.4. The number of hydrogen-bond acceptors (Lipinski definition) is 6. The highest BCUT2D eigenvalue weighted by molar-refractivity contribution is 5.78. The molecule has 0 radical (unpaired) electrons. The molecule has 0 fully saturated rings. The normalized spacial score (nSPS) is 13.9. The molecular weight excluding hydrogens is 480 g/mol. The van der Waals surface area contributed by atoms with E-state index >= 15 is 8.78 Å². The second-order valence-electron chi connectivity index (χ2n) is 7.57. The minimum Gasteiger partial charge on any atom is -0.437 e. The van der Waals surface area contributed by atoms with Gasteiger partial charge >= 0.3 is 5.92 Å². The molecule has 0 spiro atoms. The Bertz CT molecular complexity index is 1430. The number of benzene rings is 2. The number of fused-ring (bicyclic) bond motifs is 1. The highest BCUT2D eigenvalue weighted by Gasteiger charge is 2.57. The van der Waals surface area contributed by atoms with Crippen molar-refractivity contribution in [3.63, 3.8) is 0 Å². The third kappa shape index (κ3) is 4.84. The van der Waals surface area contributed by atoms with Crippen LogP contribution in [0.25, 0.3) is 10.9 Å². The molecule has 2 aromatic heterocycles. The minimum atomic E-state index is -4.19. The van der Waals surface area contributed by atoms with Crippen LogP contribution in [0.1, 0.15) is 11.3 Å². The summed E-state index contributed by atoms with van der Waals surface area (Å²) in [5.41, 5.74) is -4.39. The van der Waals surface area contributed by atoms with Crippen LogP contribution in [0.5, 0.6) is 11.6 Å². The molecule has 0 saturated heterocycles. The van der Waals surface area contributed by atoms with Gasteiger partial charge in [0.15, 0.2) is 5.60 Å². The summed E-state index contributed by atoms with van der Waals surface area (Å²) in [6, 6.07) is 14.7. The Labute approximate surface area is 201 Å². The smallest absolute Gasteiger partial charge is 0.323 e. The Morgan fingerprint density at radius 2 is 1.83 bits per heavy atom. The zero-order valence-electron chi connectivity index (χ0n) is 18.4. The fraction of sp³-hybridized carbons (Fsp3) is 0.125. The number of ether oxygens (including phenoxy) is 1. The number of aliphatic hydroxyl groups is 1. The van der Waals surface area contributed by atoms with Gasteiger partial charge < -0.3 is 15.7 Å². The van der Waals surface area contributed by atoms with Crippen LogP contribution in [-0.2, 0) is 11.5 Å². The molecule has 0 aliphatic rings. The molecule has 0 aliphatic heterocycles. The number of aromatic nitrogens is 2. The van der Waals surface area contributed by atoms with E-state index in [-0.39, 0.29) is 11.6 Å². The van der Waals surface area contributed by atoms with E-state index in [0.717, 1.165) is 23.7 Å². The molecule has 0 bridgehead atoms. The number of nitrogens with zero attached hydrogens (tertiary/aromatic N) is 5. The van der Waals surface area contributed by atoms with Crippen molar-refractivity contribution in [3.8, 4) is 11.6 Å². The van der Waals surface area contributed by atoms with Gasteiger partial charge in [0.2, 0.25) is 5.88 Å². The number of halogens is 4. The lowest BCUT2D eigenvalue weighted by Gasteiger charge is -2.34. The summed E-state index contributed by atoms with van der Waals surface area (Å²) >= 11 is 0. The van der Waals surface area contributed by atoms with Crippen molar-refractivity contribution >= 4 is 17.2 Å². The Hall–Kier alpha value is -4.45. The summed E-state index contributed by atoms with van der Waals surface area (Å²) < 4.78 is 64.8. The maximum atomic E-state index is 15.6. The van der Waals surface area contributed by atoms with Crippen LogP contribution in [0.3, 0.4) is 0 Å². The van der Waals surface area contributed by atoms with E-state index in [0.29, 0.717) is 24.0 Å². The van der Waals surface area contributed by atoms with Crippen molar-refractivity contribution in [2.75, 3.05) is 6.54 Å². The van der Waals surface area contributed by atoms with Crippen LogP contribution in [0.2, 0.25) is 0 Å². The average Bonchev–Trinajstić information content (AvgIpc) is 2.86. The highest BCUT2D eigenvalue weighted by atomic mass is 19.3. The first-order valence-electron chi connectivity index (χ1n) is 10.4. The fourth-order valence-electron chi connectivity index (χ4n) is 3.48. The Morgan fingerprint density at radius 3 is 2.56 bits per heavy atom. The van der Waals surface area contributed by atoms with Gasteiger partial charge in [-0.1, -0.05) is 23.4 Å². The molecule has 2 heterocycles. The fourth-order valence-corrected chi connectivity index (χ4v) is 3.48. The van der Waals surface area contributed by atoms with Crippen molar-refractivity contribution in [2.24, 2.45) is 21.2 Å². The molecule has 4 aromatic rings. The van der Waals surface area contributed by atoms with Crippen LogP contribution in [0, 0.1) is 11.6 Å². The third-order valence-electron chi connectivity index (χ3n) is 5.27.